The van der Waals surface area contributed by atoms with Gasteiger partial charge in [-0.3, -0.25) is 0 Å². The molecule has 0 amide bonds. The molecule has 0 radical (unpaired) electrons. The number of nitrogens with one attached hydrogen (secondary N) is 1. The van der Waals surface area contributed by atoms with Gasteiger partial charge in [-0.2, -0.15) is 0 Å². The van der Waals surface area contributed by atoms with E-state index in [0.717, 1.165) is 55.6 Å². The molecule has 10 rings (SSSR count). The Labute approximate surface area is 295 Å². The minimum absolute atomic E-state index is 0.327. The van der Waals surface area contributed by atoms with Crippen LogP contribution in [0.25, 0.3) is 65.7 Å². The molecule has 0 fully saturated rings. The average molecular weight is 654 g/mol. The summed E-state index contributed by atoms with van der Waals surface area (Å²) >= 11 is 0. The van der Waals surface area contributed by atoms with Crippen LogP contribution in [0.1, 0.15) is 22.9 Å². The van der Waals surface area contributed by atoms with E-state index in [-0.39, 0.29) is 6.17 Å². The van der Waals surface area contributed by atoms with Crippen molar-refractivity contribution in [1.82, 2.24) is 5.32 Å². The van der Waals surface area contributed by atoms with Gasteiger partial charge in [-0.1, -0.05) is 152 Å². The minimum atomic E-state index is -0.327. The molecule has 1 unspecified atom stereocenters. The van der Waals surface area contributed by atoms with Gasteiger partial charge in [0.25, 0.3) is 0 Å². The number of hydrogen-bond donors (Lipinski definition) is 1. The largest absolute Gasteiger partial charge is 0.455 e. The lowest BCUT2D eigenvalue weighted by atomic mass is 9.94. The molecule has 4 nitrogen and oxygen atoms in total. The highest BCUT2D eigenvalue weighted by molar-refractivity contribution is 6.23. The van der Waals surface area contributed by atoms with Gasteiger partial charge >= 0.3 is 0 Å². The predicted octanol–water partition coefficient (Wildman–Crippen LogP) is 11.7. The molecular weight excluding hydrogens is 623 g/mol. The van der Waals surface area contributed by atoms with Crippen LogP contribution in [0.2, 0.25) is 0 Å². The normalized spacial score (nSPS) is 14.5. The summed E-state index contributed by atoms with van der Waals surface area (Å²) in [6.07, 6.45) is -0.327. The van der Waals surface area contributed by atoms with Crippen molar-refractivity contribution in [1.29, 1.82) is 0 Å². The molecule has 9 aromatic rings. The molecule has 1 atom stereocenters. The summed E-state index contributed by atoms with van der Waals surface area (Å²) in [5.41, 5.74) is 9.20. The third-order valence-corrected chi connectivity index (χ3v) is 9.94. The standard InChI is InChI=1S/C47H31N3O/c1-2-13-34(14-3-1)45-48-46(36-26-21-30-11-4-5-15-35(30)29-36)50-47(49-45)41-28-27-39(44-43(41)40-18-8-9-20-42(40)51-44)33-24-22-32(23-25-33)38-19-10-16-31-12-6-7-17-37(31)38/h1-29,46H,(H,48,49,50). The lowest BCUT2D eigenvalue weighted by Gasteiger charge is -2.24. The van der Waals surface area contributed by atoms with Gasteiger partial charge in [-0.15, -0.1) is 0 Å². The maximum atomic E-state index is 6.69. The van der Waals surface area contributed by atoms with Crippen LogP contribution in [0.15, 0.2) is 190 Å². The van der Waals surface area contributed by atoms with Gasteiger partial charge < -0.3 is 9.73 Å². The van der Waals surface area contributed by atoms with E-state index in [1.807, 2.05) is 30.3 Å². The van der Waals surface area contributed by atoms with Gasteiger partial charge in [0.05, 0.1) is 0 Å². The zero-order valence-corrected chi connectivity index (χ0v) is 27.6. The third-order valence-electron chi connectivity index (χ3n) is 9.94. The van der Waals surface area contributed by atoms with Crippen molar-refractivity contribution in [2.75, 3.05) is 0 Å². The van der Waals surface area contributed by atoms with Crippen LogP contribution in [0.3, 0.4) is 0 Å². The molecule has 1 aromatic heterocycles. The SMILES string of the molecule is c1ccc(C2=NC(c3ccc(-c4ccc(-c5cccc6ccccc56)cc4)c4oc5ccccc5c34)=NC(c3ccc4ccccc4c3)N2)cc1. The van der Waals surface area contributed by atoms with E-state index in [0.29, 0.717) is 5.84 Å². The van der Waals surface area contributed by atoms with Crippen molar-refractivity contribution in [3.8, 4) is 22.3 Å². The van der Waals surface area contributed by atoms with Crippen molar-refractivity contribution >= 4 is 55.2 Å². The van der Waals surface area contributed by atoms with E-state index in [1.54, 1.807) is 0 Å². The fraction of sp³-hybridized carbons (Fsp3) is 0.0213. The van der Waals surface area contributed by atoms with Crippen LogP contribution >= 0.6 is 0 Å². The molecule has 1 aliphatic rings. The van der Waals surface area contributed by atoms with Crippen molar-refractivity contribution in [2.24, 2.45) is 9.98 Å². The maximum absolute atomic E-state index is 6.69. The summed E-state index contributed by atoms with van der Waals surface area (Å²) < 4.78 is 6.69. The highest BCUT2D eigenvalue weighted by Crippen LogP contribution is 2.40. The maximum Gasteiger partial charge on any atom is 0.160 e. The number of nitrogens with zero attached hydrogens (tertiary/aromatic N) is 2. The number of furan rings is 1. The fourth-order valence-electron chi connectivity index (χ4n) is 7.41. The Morgan fingerprint density at radius 3 is 1.98 bits per heavy atom. The van der Waals surface area contributed by atoms with Crippen molar-refractivity contribution in [3.05, 3.63) is 193 Å². The molecule has 0 saturated carbocycles. The fourth-order valence-corrected chi connectivity index (χ4v) is 7.41. The predicted molar refractivity (Wildman–Crippen MR) is 211 cm³/mol. The molecule has 0 saturated heterocycles. The first-order valence-electron chi connectivity index (χ1n) is 17.3. The van der Waals surface area contributed by atoms with Crippen molar-refractivity contribution in [3.63, 3.8) is 0 Å². The van der Waals surface area contributed by atoms with E-state index < -0.39 is 0 Å². The lowest BCUT2D eigenvalue weighted by Crippen LogP contribution is -2.33. The quantitative estimate of drug-likeness (QED) is 0.201. The first-order chi connectivity index (χ1) is 25.3. The average Bonchev–Trinajstić information content (AvgIpc) is 3.60. The Balaban J connectivity index is 1.13. The zero-order chi connectivity index (χ0) is 33.7. The topological polar surface area (TPSA) is 49.9 Å². The van der Waals surface area contributed by atoms with Crippen LogP contribution < -0.4 is 5.32 Å². The lowest BCUT2D eigenvalue weighted by molar-refractivity contribution is 0.669. The first-order valence-corrected chi connectivity index (χ1v) is 17.3. The van der Waals surface area contributed by atoms with Gasteiger partial charge in [-0.05, 0) is 68.1 Å². The van der Waals surface area contributed by atoms with E-state index >= 15 is 0 Å². The second-order valence-corrected chi connectivity index (χ2v) is 13.0. The third kappa shape index (κ3) is 5.08. The Morgan fingerprint density at radius 2 is 1.14 bits per heavy atom. The van der Waals surface area contributed by atoms with Crippen molar-refractivity contribution in [2.45, 2.75) is 6.17 Å². The molecule has 1 aliphatic heterocycles. The molecule has 0 bridgehead atoms. The summed E-state index contributed by atoms with van der Waals surface area (Å²) in [5.74, 6) is 1.45. The van der Waals surface area contributed by atoms with Gasteiger partial charge in [0.2, 0.25) is 0 Å². The molecule has 240 valence electrons. The number of rotatable bonds is 5. The number of aliphatic imine (C=N–C) groups is 2. The summed E-state index contributed by atoms with van der Waals surface area (Å²) in [6.45, 7) is 0. The molecule has 51 heavy (non-hydrogen) atoms. The van der Waals surface area contributed by atoms with E-state index in [1.165, 1.54) is 32.7 Å². The van der Waals surface area contributed by atoms with Gasteiger partial charge in [0.15, 0.2) is 5.84 Å². The Hall–Kier alpha value is -6.78. The second kappa shape index (κ2) is 12.0. The van der Waals surface area contributed by atoms with Gasteiger partial charge in [-0.25, -0.2) is 9.98 Å². The Bertz CT molecular complexity index is 2820. The minimum Gasteiger partial charge on any atom is -0.455 e. The molecule has 2 heterocycles. The van der Waals surface area contributed by atoms with E-state index in [9.17, 15) is 0 Å². The molecular formula is C47H31N3O. The van der Waals surface area contributed by atoms with E-state index in [4.69, 9.17) is 14.4 Å². The number of amidine groups is 2. The summed E-state index contributed by atoms with van der Waals surface area (Å²) in [4.78, 5) is 10.5. The van der Waals surface area contributed by atoms with Crippen LogP contribution in [-0.4, -0.2) is 11.7 Å². The van der Waals surface area contributed by atoms with Crippen LogP contribution in [0.5, 0.6) is 0 Å². The highest BCUT2D eigenvalue weighted by atomic mass is 16.3. The summed E-state index contributed by atoms with van der Waals surface area (Å²) in [5, 5.41) is 10.5. The van der Waals surface area contributed by atoms with Crippen molar-refractivity contribution < 1.29 is 4.42 Å². The van der Waals surface area contributed by atoms with Crippen LogP contribution in [-0.2, 0) is 0 Å². The van der Waals surface area contributed by atoms with Crippen LogP contribution in [0.4, 0.5) is 0 Å². The Morgan fingerprint density at radius 1 is 0.471 bits per heavy atom. The van der Waals surface area contributed by atoms with Crippen LogP contribution in [0, 0.1) is 0 Å². The molecule has 8 aromatic carbocycles. The molecule has 4 heteroatoms. The van der Waals surface area contributed by atoms with Gasteiger partial charge in [0.1, 0.15) is 23.2 Å². The molecule has 0 aliphatic carbocycles. The monoisotopic (exact) mass is 653 g/mol. The number of fused-ring (bicyclic) bond motifs is 5. The second-order valence-electron chi connectivity index (χ2n) is 13.0. The first kappa shape index (κ1) is 29.2. The van der Waals surface area contributed by atoms with Gasteiger partial charge in [0, 0.05) is 27.5 Å². The number of benzene rings is 8. The Kier molecular flexibility index (Phi) is 6.85. The number of hydrogen-bond acceptors (Lipinski definition) is 4. The number of para-hydroxylation sites is 1. The zero-order valence-electron chi connectivity index (χ0n) is 27.6. The van der Waals surface area contributed by atoms with E-state index in [2.05, 4.69) is 151 Å². The highest BCUT2D eigenvalue weighted by Gasteiger charge is 2.25. The smallest absolute Gasteiger partial charge is 0.160 e. The summed E-state index contributed by atoms with van der Waals surface area (Å²) in [7, 11) is 0. The molecule has 0 spiro atoms. The summed E-state index contributed by atoms with van der Waals surface area (Å²) in [6, 6.07) is 61.6. The molecule has 1 N–H and O–H groups in total.